The monoisotopic (exact) mass is 366 g/mol. The van der Waals surface area contributed by atoms with Gasteiger partial charge in [-0.25, -0.2) is 4.79 Å². The van der Waals surface area contributed by atoms with Crippen molar-refractivity contribution in [2.24, 2.45) is 0 Å². The Balaban J connectivity index is 2.26. The Labute approximate surface area is 155 Å². The quantitative estimate of drug-likeness (QED) is 0.503. The van der Waals surface area contributed by atoms with Crippen LogP contribution in [0.2, 0.25) is 0 Å². The van der Waals surface area contributed by atoms with E-state index in [2.05, 4.69) is 15.3 Å². The molecule has 0 spiro atoms. The average Bonchev–Trinajstić information content (AvgIpc) is 2.67. The molecule has 0 saturated heterocycles. The van der Waals surface area contributed by atoms with Crippen molar-refractivity contribution in [3.05, 3.63) is 81.2 Å². The molecule has 1 unspecified atom stereocenters. The van der Waals surface area contributed by atoms with Gasteiger partial charge >= 0.3 is 5.97 Å². The minimum absolute atomic E-state index is 0.0518. The van der Waals surface area contributed by atoms with Gasteiger partial charge in [0.2, 0.25) is 0 Å². The molecule has 27 heavy (non-hydrogen) atoms. The van der Waals surface area contributed by atoms with Crippen LogP contribution < -0.4 is 5.32 Å². The van der Waals surface area contributed by atoms with Gasteiger partial charge < -0.3 is 10.1 Å². The Morgan fingerprint density at radius 2 is 2.04 bits per heavy atom. The van der Waals surface area contributed by atoms with E-state index >= 15 is 0 Å². The van der Waals surface area contributed by atoms with E-state index in [1.165, 1.54) is 19.2 Å². The van der Waals surface area contributed by atoms with Gasteiger partial charge in [-0.3, -0.25) is 20.1 Å². The molecule has 1 aromatic carbocycles. The number of hydrogen-bond donors (Lipinski definition) is 1. The van der Waals surface area contributed by atoms with Gasteiger partial charge in [0.25, 0.3) is 5.69 Å². The van der Waals surface area contributed by atoms with Crippen LogP contribution in [0.15, 0.2) is 59.8 Å². The zero-order valence-corrected chi connectivity index (χ0v) is 15.1. The number of esters is 1. The minimum atomic E-state index is -0.574. The van der Waals surface area contributed by atoms with E-state index in [1.54, 1.807) is 37.6 Å². The summed E-state index contributed by atoms with van der Waals surface area (Å²) in [7, 11) is 1.31. The molecule has 138 valence electrons. The van der Waals surface area contributed by atoms with Crippen LogP contribution in [-0.2, 0) is 9.53 Å². The van der Waals surface area contributed by atoms with Crippen LogP contribution in [0, 0.1) is 10.1 Å². The number of rotatable bonds is 4. The van der Waals surface area contributed by atoms with Crippen LogP contribution in [0.4, 0.5) is 5.69 Å². The molecule has 0 bridgehead atoms. The van der Waals surface area contributed by atoms with Gasteiger partial charge in [-0.05, 0) is 19.4 Å². The lowest BCUT2D eigenvalue weighted by Crippen LogP contribution is -2.28. The first-order chi connectivity index (χ1) is 12.9. The topological polar surface area (TPSA) is 107 Å². The lowest BCUT2D eigenvalue weighted by molar-refractivity contribution is -0.384. The van der Waals surface area contributed by atoms with Crippen LogP contribution in [0.3, 0.4) is 0 Å². The predicted octanol–water partition coefficient (Wildman–Crippen LogP) is 2.95. The second kappa shape index (κ2) is 7.36. The van der Waals surface area contributed by atoms with E-state index in [9.17, 15) is 14.9 Å². The highest BCUT2D eigenvalue weighted by Crippen LogP contribution is 2.43. The van der Waals surface area contributed by atoms with E-state index in [0.717, 1.165) is 11.3 Å². The molecule has 0 radical (unpaired) electrons. The molecule has 1 atom stereocenters. The van der Waals surface area contributed by atoms with Gasteiger partial charge in [-0.2, -0.15) is 0 Å². The zero-order chi connectivity index (χ0) is 19.6. The van der Waals surface area contributed by atoms with Crippen molar-refractivity contribution in [1.82, 2.24) is 15.3 Å². The van der Waals surface area contributed by atoms with E-state index in [-0.39, 0.29) is 5.69 Å². The molecule has 8 heteroatoms. The summed E-state index contributed by atoms with van der Waals surface area (Å²) >= 11 is 0. The third kappa shape index (κ3) is 3.41. The number of aromatic nitrogens is 2. The third-order valence-corrected chi connectivity index (χ3v) is 4.42. The van der Waals surface area contributed by atoms with Crippen LogP contribution in [0.25, 0.3) is 5.57 Å². The number of nitro groups is 1. The number of carbonyl (C=O) groups excluding carboxylic acids is 1. The fraction of sp³-hybridized carbons (Fsp3) is 0.211. The molecule has 1 aliphatic rings. The Bertz CT molecular complexity index is 967. The molecule has 0 saturated carbocycles. The first-order valence-electron chi connectivity index (χ1n) is 8.21. The smallest absolute Gasteiger partial charge is 0.336 e. The van der Waals surface area contributed by atoms with E-state index in [4.69, 9.17) is 4.74 Å². The highest BCUT2D eigenvalue weighted by Gasteiger charge is 2.35. The molecule has 0 aliphatic carbocycles. The average molecular weight is 366 g/mol. The first kappa shape index (κ1) is 18.2. The van der Waals surface area contributed by atoms with Crippen molar-refractivity contribution in [1.29, 1.82) is 0 Å². The van der Waals surface area contributed by atoms with E-state index in [1.807, 2.05) is 6.92 Å². The molecule has 1 aromatic heterocycles. The van der Waals surface area contributed by atoms with Crippen molar-refractivity contribution in [2.75, 3.05) is 7.11 Å². The van der Waals surface area contributed by atoms with Gasteiger partial charge in [-0.15, -0.1) is 0 Å². The fourth-order valence-electron chi connectivity index (χ4n) is 3.30. The van der Waals surface area contributed by atoms with Crippen LogP contribution >= 0.6 is 0 Å². The van der Waals surface area contributed by atoms with Gasteiger partial charge in [0.1, 0.15) is 0 Å². The number of methoxy groups -OCH3 is 1. The Morgan fingerprint density at radius 1 is 1.26 bits per heavy atom. The standard InChI is InChI=1S/C19H18N4O4/c1-11-16(15-10-20-7-8-21-15)18(17(12(2)22-11)19(24)27-3)13-5-4-6-14(9-13)23(25)26/h4-10,18,22H,1-3H3. The zero-order valence-electron chi connectivity index (χ0n) is 15.1. The van der Waals surface area contributed by atoms with Gasteiger partial charge in [0, 0.05) is 47.4 Å². The van der Waals surface area contributed by atoms with Crippen molar-refractivity contribution in [2.45, 2.75) is 19.8 Å². The number of benzene rings is 1. The summed E-state index contributed by atoms with van der Waals surface area (Å²) in [6.45, 7) is 3.64. The molecule has 1 N–H and O–H groups in total. The second-order valence-electron chi connectivity index (χ2n) is 6.07. The Morgan fingerprint density at radius 3 is 2.67 bits per heavy atom. The maximum atomic E-state index is 12.6. The van der Waals surface area contributed by atoms with Crippen molar-refractivity contribution >= 4 is 17.2 Å². The predicted molar refractivity (Wildman–Crippen MR) is 98.3 cm³/mol. The van der Waals surface area contributed by atoms with E-state index < -0.39 is 16.8 Å². The SMILES string of the molecule is COC(=O)C1=C(C)NC(C)=C(c2cnccn2)C1c1cccc([N+](=O)[O-])c1. The van der Waals surface area contributed by atoms with Crippen molar-refractivity contribution in [3.63, 3.8) is 0 Å². The number of hydrogen-bond acceptors (Lipinski definition) is 7. The third-order valence-electron chi connectivity index (χ3n) is 4.42. The van der Waals surface area contributed by atoms with E-state index in [0.29, 0.717) is 22.5 Å². The highest BCUT2D eigenvalue weighted by atomic mass is 16.6. The molecule has 0 fully saturated rings. The lowest BCUT2D eigenvalue weighted by Gasteiger charge is -2.31. The summed E-state index contributed by atoms with van der Waals surface area (Å²) in [5.41, 5.74) is 3.64. The summed E-state index contributed by atoms with van der Waals surface area (Å²) in [6, 6.07) is 6.24. The Hall–Kier alpha value is -3.55. The summed E-state index contributed by atoms with van der Waals surface area (Å²) in [4.78, 5) is 31.8. The number of ether oxygens (including phenoxy) is 1. The summed E-state index contributed by atoms with van der Waals surface area (Å²) in [5.74, 6) is -1.08. The molecule has 2 aromatic rings. The van der Waals surface area contributed by atoms with Crippen LogP contribution in [-0.4, -0.2) is 28.0 Å². The van der Waals surface area contributed by atoms with Gasteiger partial charge in [-0.1, -0.05) is 12.1 Å². The number of allylic oxidation sites excluding steroid dienone is 3. The largest absolute Gasteiger partial charge is 0.466 e. The number of nitrogens with zero attached hydrogens (tertiary/aromatic N) is 3. The van der Waals surface area contributed by atoms with Crippen LogP contribution in [0.1, 0.15) is 31.0 Å². The molecule has 1 aliphatic heterocycles. The Kier molecular flexibility index (Phi) is 4.98. The normalized spacial score (nSPS) is 16.8. The van der Waals surface area contributed by atoms with Crippen LogP contribution in [0.5, 0.6) is 0 Å². The minimum Gasteiger partial charge on any atom is -0.466 e. The first-order valence-corrected chi connectivity index (χ1v) is 8.21. The highest BCUT2D eigenvalue weighted by molar-refractivity contribution is 5.97. The molecule has 2 heterocycles. The molecule has 8 nitrogen and oxygen atoms in total. The number of nitro benzene ring substituents is 1. The number of nitrogens with one attached hydrogen (secondary N) is 1. The molecular weight excluding hydrogens is 348 g/mol. The number of carbonyl (C=O) groups is 1. The summed E-state index contributed by atoms with van der Waals surface area (Å²) < 4.78 is 4.98. The maximum Gasteiger partial charge on any atom is 0.336 e. The lowest BCUT2D eigenvalue weighted by atomic mass is 9.79. The molecule has 3 rings (SSSR count). The fourth-order valence-corrected chi connectivity index (χ4v) is 3.30. The van der Waals surface area contributed by atoms with Crippen molar-refractivity contribution in [3.8, 4) is 0 Å². The second-order valence-corrected chi connectivity index (χ2v) is 6.07. The molecular formula is C19H18N4O4. The maximum absolute atomic E-state index is 12.6. The summed E-state index contributed by atoms with van der Waals surface area (Å²) in [5, 5.41) is 14.4. The summed E-state index contributed by atoms with van der Waals surface area (Å²) in [6.07, 6.45) is 4.71. The van der Waals surface area contributed by atoms with Crippen molar-refractivity contribution < 1.29 is 14.5 Å². The number of dihydropyridines is 1. The number of non-ortho nitro benzene ring substituents is 1. The van der Waals surface area contributed by atoms with Gasteiger partial charge in [0.05, 0.1) is 29.5 Å². The molecule has 0 amide bonds. The van der Waals surface area contributed by atoms with Gasteiger partial charge in [0.15, 0.2) is 0 Å².